The molecule has 0 fully saturated rings. The molecule has 0 atom stereocenters. The van der Waals surface area contributed by atoms with Gasteiger partial charge in [-0.15, -0.1) is 4.99 Å². The molecule has 0 aromatic carbocycles. The number of amides is 2. The molecule has 0 saturated heterocycles. The molecule has 2 amide bonds. The quantitative estimate of drug-likeness (QED) is 0.435. The molecule has 0 aliphatic heterocycles. The number of carbonyl (C=O) groups excluding carboxylic acids is 2. The Hall–Kier alpha value is -1.83. The molecule has 0 heterocycles. The lowest BCUT2D eigenvalue weighted by Gasteiger charge is -2.20. The molecule has 0 aromatic heterocycles. The first-order chi connectivity index (χ1) is 8.93. The maximum Gasteiger partial charge on any atom is 0.437 e. The van der Waals surface area contributed by atoms with E-state index in [0.29, 0.717) is 0 Å². The zero-order valence-corrected chi connectivity index (χ0v) is 13.0. The Kier molecular flexibility index (Phi) is 6.44. The van der Waals surface area contributed by atoms with Crippen molar-refractivity contribution in [2.45, 2.75) is 52.7 Å². The largest absolute Gasteiger partial charge is 0.444 e. The van der Waals surface area contributed by atoms with Crippen molar-refractivity contribution in [1.82, 2.24) is 10.8 Å². The van der Waals surface area contributed by atoms with Gasteiger partial charge in [0.05, 0.1) is 7.11 Å². The first kappa shape index (κ1) is 18.2. The van der Waals surface area contributed by atoms with Gasteiger partial charge in [-0.1, -0.05) is 0 Å². The molecular formula is C12H23N3O5. The van der Waals surface area contributed by atoms with E-state index in [2.05, 4.69) is 20.6 Å². The van der Waals surface area contributed by atoms with Gasteiger partial charge in [-0.05, 0) is 41.5 Å². The van der Waals surface area contributed by atoms with E-state index in [4.69, 9.17) is 9.47 Å². The van der Waals surface area contributed by atoms with Gasteiger partial charge >= 0.3 is 12.2 Å². The van der Waals surface area contributed by atoms with Crippen LogP contribution in [0.1, 0.15) is 41.5 Å². The van der Waals surface area contributed by atoms with E-state index >= 15 is 0 Å². The van der Waals surface area contributed by atoms with Gasteiger partial charge in [-0.2, -0.15) is 0 Å². The van der Waals surface area contributed by atoms with E-state index in [1.807, 2.05) is 0 Å². The summed E-state index contributed by atoms with van der Waals surface area (Å²) in [5, 5.41) is 2.24. The Bertz CT molecular complexity index is 380. The van der Waals surface area contributed by atoms with Crippen LogP contribution < -0.4 is 10.8 Å². The molecule has 0 unspecified atom stereocenters. The number of aliphatic imine (C=N–C) groups is 1. The van der Waals surface area contributed by atoms with Crippen molar-refractivity contribution in [2.75, 3.05) is 7.11 Å². The summed E-state index contributed by atoms with van der Waals surface area (Å²) in [4.78, 5) is 31.2. The summed E-state index contributed by atoms with van der Waals surface area (Å²) >= 11 is 0. The van der Waals surface area contributed by atoms with Gasteiger partial charge in [0.15, 0.2) is 0 Å². The van der Waals surface area contributed by atoms with E-state index in [0.717, 1.165) is 0 Å². The monoisotopic (exact) mass is 289 g/mol. The number of alkyl carbamates (subject to hydrolysis) is 1. The minimum absolute atomic E-state index is 0.226. The number of guanidine groups is 1. The molecule has 0 aromatic rings. The summed E-state index contributed by atoms with van der Waals surface area (Å²) in [6.07, 6.45) is -1.64. The van der Waals surface area contributed by atoms with Crippen LogP contribution in [0.4, 0.5) is 9.59 Å². The van der Waals surface area contributed by atoms with Gasteiger partial charge in [0, 0.05) is 0 Å². The number of nitrogens with one attached hydrogen (secondary N) is 2. The number of rotatable bonds is 1. The van der Waals surface area contributed by atoms with Gasteiger partial charge in [-0.3, -0.25) is 10.2 Å². The van der Waals surface area contributed by atoms with Crippen LogP contribution in [0.5, 0.6) is 0 Å². The first-order valence-electron chi connectivity index (χ1n) is 6.03. The predicted octanol–water partition coefficient (Wildman–Crippen LogP) is 1.95. The second kappa shape index (κ2) is 7.09. The molecule has 0 radical (unpaired) electrons. The summed E-state index contributed by atoms with van der Waals surface area (Å²) in [6, 6.07) is 0. The third kappa shape index (κ3) is 10.1. The number of hydrogen-bond acceptors (Lipinski definition) is 5. The van der Waals surface area contributed by atoms with Crippen LogP contribution in [-0.2, 0) is 14.3 Å². The fourth-order valence-corrected chi connectivity index (χ4v) is 0.949. The Morgan fingerprint density at radius 2 is 1.45 bits per heavy atom. The van der Waals surface area contributed by atoms with Crippen LogP contribution in [0, 0.1) is 0 Å². The van der Waals surface area contributed by atoms with E-state index in [-0.39, 0.29) is 5.96 Å². The van der Waals surface area contributed by atoms with Gasteiger partial charge < -0.3 is 9.47 Å². The molecule has 0 spiro atoms. The third-order valence-electron chi connectivity index (χ3n) is 1.41. The molecule has 2 N–H and O–H groups in total. The second-order valence-corrected chi connectivity index (χ2v) is 5.87. The number of nitrogens with zero attached hydrogens (tertiary/aromatic N) is 1. The van der Waals surface area contributed by atoms with Crippen molar-refractivity contribution in [3.05, 3.63) is 0 Å². The molecule has 116 valence electrons. The maximum atomic E-state index is 11.5. The van der Waals surface area contributed by atoms with Crippen LogP contribution in [-0.4, -0.2) is 36.5 Å². The molecule has 0 aliphatic carbocycles. The van der Waals surface area contributed by atoms with Crippen LogP contribution in [0.2, 0.25) is 0 Å². The number of hydroxylamine groups is 1. The molecule has 0 bridgehead atoms. The standard InChI is InChI=1S/C12H23N3O5/c1-11(2,3)19-9(16)13-8(15-18-7)14-10(17)20-12(4,5)6/h1-7H3,(H2,13,14,15,16,17). The molecule has 8 nitrogen and oxygen atoms in total. The van der Waals surface area contributed by atoms with Gasteiger partial charge in [0.1, 0.15) is 11.2 Å². The predicted molar refractivity (Wildman–Crippen MR) is 73.2 cm³/mol. The molecular weight excluding hydrogens is 266 g/mol. The van der Waals surface area contributed by atoms with Crippen LogP contribution >= 0.6 is 0 Å². The highest BCUT2D eigenvalue weighted by molar-refractivity contribution is 5.98. The SMILES string of the molecule is CON/C(=N\C(=O)OC(C)(C)C)NC(=O)OC(C)(C)C. The second-order valence-electron chi connectivity index (χ2n) is 5.87. The molecule has 0 rings (SSSR count). The van der Waals surface area contributed by atoms with Crippen molar-refractivity contribution >= 4 is 18.1 Å². The van der Waals surface area contributed by atoms with Gasteiger partial charge in [0.25, 0.3) is 0 Å². The van der Waals surface area contributed by atoms with Crippen LogP contribution in [0.3, 0.4) is 0 Å². The Labute approximate surface area is 118 Å². The average Bonchev–Trinajstić information content (AvgIpc) is 2.10. The fraction of sp³-hybridized carbons (Fsp3) is 0.750. The number of carbonyl (C=O) groups is 2. The Balaban J connectivity index is 4.72. The van der Waals surface area contributed by atoms with E-state index in [1.54, 1.807) is 41.5 Å². The third-order valence-corrected chi connectivity index (χ3v) is 1.41. The van der Waals surface area contributed by atoms with Gasteiger partial charge in [-0.25, -0.2) is 15.1 Å². The van der Waals surface area contributed by atoms with E-state index < -0.39 is 23.4 Å². The first-order valence-corrected chi connectivity index (χ1v) is 6.03. The molecule has 20 heavy (non-hydrogen) atoms. The Morgan fingerprint density at radius 1 is 0.950 bits per heavy atom. The van der Waals surface area contributed by atoms with Crippen molar-refractivity contribution < 1.29 is 23.9 Å². The number of hydrogen-bond donors (Lipinski definition) is 2. The van der Waals surface area contributed by atoms with E-state index in [9.17, 15) is 9.59 Å². The van der Waals surface area contributed by atoms with Crippen molar-refractivity contribution in [3.63, 3.8) is 0 Å². The molecule has 8 heteroatoms. The summed E-state index contributed by atoms with van der Waals surface area (Å²) in [6.45, 7) is 10.2. The van der Waals surface area contributed by atoms with Crippen LogP contribution in [0.25, 0.3) is 0 Å². The van der Waals surface area contributed by atoms with Crippen molar-refractivity contribution in [2.24, 2.45) is 4.99 Å². The minimum atomic E-state index is -0.867. The van der Waals surface area contributed by atoms with Crippen molar-refractivity contribution in [1.29, 1.82) is 0 Å². The molecule has 0 saturated carbocycles. The topological polar surface area (TPSA) is 98.3 Å². The minimum Gasteiger partial charge on any atom is -0.444 e. The summed E-state index contributed by atoms with van der Waals surface area (Å²) < 4.78 is 10.0. The summed E-state index contributed by atoms with van der Waals surface area (Å²) in [7, 11) is 1.31. The average molecular weight is 289 g/mol. The zero-order chi connectivity index (χ0) is 16.0. The van der Waals surface area contributed by atoms with Gasteiger partial charge in [0.2, 0.25) is 5.96 Å². The number of ether oxygens (including phenoxy) is 2. The molecule has 0 aliphatic rings. The highest BCUT2D eigenvalue weighted by Crippen LogP contribution is 2.08. The highest BCUT2D eigenvalue weighted by Gasteiger charge is 2.20. The van der Waals surface area contributed by atoms with Crippen molar-refractivity contribution in [3.8, 4) is 0 Å². The lowest BCUT2D eigenvalue weighted by atomic mass is 10.2. The highest BCUT2D eigenvalue weighted by atomic mass is 16.6. The van der Waals surface area contributed by atoms with Crippen LogP contribution in [0.15, 0.2) is 4.99 Å². The smallest absolute Gasteiger partial charge is 0.437 e. The fourth-order valence-electron chi connectivity index (χ4n) is 0.949. The lowest BCUT2D eigenvalue weighted by molar-refractivity contribution is 0.0545. The summed E-state index contributed by atoms with van der Waals surface area (Å²) in [5.74, 6) is -0.226. The maximum absolute atomic E-state index is 11.5. The Morgan fingerprint density at radius 3 is 1.85 bits per heavy atom. The summed E-state index contributed by atoms with van der Waals surface area (Å²) in [5.41, 5.74) is 0.891. The van der Waals surface area contributed by atoms with E-state index in [1.165, 1.54) is 7.11 Å². The normalized spacial score (nSPS) is 12.7. The lowest BCUT2D eigenvalue weighted by Crippen LogP contribution is -2.43. The zero-order valence-electron chi connectivity index (χ0n) is 13.0.